The molecular formula is C3H6BClO2. The monoisotopic (exact) mass is 120 g/mol. The van der Waals surface area contributed by atoms with E-state index in [0.717, 1.165) is 0 Å². The van der Waals surface area contributed by atoms with Crippen LogP contribution in [0, 0.1) is 0 Å². The lowest BCUT2D eigenvalue weighted by Crippen LogP contribution is -2.07. The van der Waals surface area contributed by atoms with Gasteiger partial charge in [-0.05, 0) is 5.54 Å². The second kappa shape index (κ2) is 4.18. The highest BCUT2D eigenvalue weighted by Crippen LogP contribution is 1.87. The number of halogens is 1. The fraction of sp³-hybridized carbons (Fsp3) is 0.333. The highest BCUT2D eigenvalue weighted by atomic mass is 35.5. The minimum absolute atomic E-state index is 0.198. The summed E-state index contributed by atoms with van der Waals surface area (Å²) in [7, 11) is -1.27. The summed E-state index contributed by atoms with van der Waals surface area (Å²) in [5.41, 5.74) is 1.25. The van der Waals surface area contributed by atoms with E-state index in [1.165, 1.54) is 11.6 Å². The third-order valence-electron chi connectivity index (χ3n) is 0.436. The Morgan fingerprint density at radius 2 is 2.14 bits per heavy atom. The third-order valence-corrected chi connectivity index (χ3v) is 0.614. The minimum Gasteiger partial charge on any atom is -0.427 e. The molecule has 0 aromatic rings. The van der Waals surface area contributed by atoms with Gasteiger partial charge in [0.15, 0.2) is 0 Å². The van der Waals surface area contributed by atoms with Gasteiger partial charge in [-0.3, -0.25) is 0 Å². The fourth-order valence-corrected chi connectivity index (χ4v) is 0.276. The molecule has 2 nitrogen and oxygen atoms in total. The zero-order valence-electron chi connectivity index (χ0n) is 3.71. The zero-order valence-corrected chi connectivity index (χ0v) is 4.47. The summed E-state index contributed by atoms with van der Waals surface area (Å²) in [6, 6.07) is 0. The molecule has 2 N–H and O–H groups in total. The van der Waals surface area contributed by atoms with Crippen LogP contribution in [0.25, 0.3) is 0 Å². The molecule has 0 saturated carbocycles. The molecule has 0 unspecified atom stereocenters. The van der Waals surface area contributed by atoms with E-state index >= 15 is 0 Å². The first-order valence-corrected chi connectivity index (χ1v) is 2.32. The predicted molar refractivity (Wildman–Crippen MR) is 30.0 cm³/mol. The third kappa shape index (κ3) is 6.01. The number of rotatable bonds is 2. The van der Waals surface area contributed by atoms with Gasteiger partial charge >= 0.3 is 7.12 Å². The molecule has 0 bridgehead atoms. The normalized spacial score (nSPS) is 10.1. The minimum atomic E-state index is -1.27. The SMILES string of the molecule is OB(O)CC=CCl. The Morgan fingerprint density at radius 1 is 1.57 bits per heavy atom. The van der Waals surface area contributed by atoms with E-state index in [1.54, 1.807) is 0 Å². The Hall–Kier alpha value is 0.0149. The summed E-state index contributed by atoms with van der Waals surface area (Å²) in [6.07, 6.45) is 1.66. The molecule has 0 fully saturated rings. The van der Waals surface area contributed by atoms with Crippen LogP contribution in [0.15, 0.2) is 11.6 Å². The smallest absolute Gasteiger partial charge is 0.427 e. The summed E-state index contributed by atoms with van der Waals surface area (Å²) in [5.74, 6) is 0. The molecule has 0 aliphatic heterocycles. The van der Waals surface area contributed by atoms with Crippen LogP contribution in [0.5, 0.6) is 0 Å². The first-order chi connectivity index (χ1) is 3.27. The molecule has 0 aliphatic carbocycles. The van der Waals surface area contributed by atoms with Crippen LogP contribution in [0.1, 0.15) is 0 Å². The molecule has 0 rings (SSSR count). The van der Waals surface area contributed by atoms with Crippen molar-refractivity contribution in [2.75, 3.05) is 0 Å². The molecule has 0 spiro atoms. The van der Waals surface area contributed by atoms with E-state index < -0.39 is 7.12 Å². The van der Waals surface area contributed by atoms with Crippen molar-refractivity contribution in [3.63, 3.8) is 0 Å². The molecule has 0 amide bonds. The van der Waals surface area contributed by atoms with Gasteiger partial charge in [-0.1, -0.05) is 17.7 Å². The lowest BCUT2D eigenvalue weighted by Gasteiger charge is -1.84. The Morgan fingerprint density at radius 3 is 2.29 bits per heavy atom. The van der Waals surface area contributed by atoms with Gasteiger partial charge in [0.05, 0.1) is 0 Å². The summed E-state index contributed by atoms with van der Waals surface area (Å²) in [5, 5.41) is 16.3. The highest BCUT2D eigenvalue weighted by Gasteiger charge is 1.99. The quantitative estimate of drug-likeness (QED) is 0.512. The average molecular weight is 120 g/mol. The Labute approximate surface area is 47.6 Å². The largest absolute Gasteiger partial charge is 0.455 e. The highest BCUT2D eigenvalue weighted by molar-refractivity contribution is 6.41. The summed E-state index contributed by atoms with van der Waals surface area (Å²) >= 11 is 5.04. The summed E-state index contributed by atoms with van der Waals surface area (Å²) in [6.45, 7) is 0. The molecule has 4 heteroatoms. The zero-order chi connectivity index (χ0) is 5.70. The van der Waals surface area contributed by atoms with Gasteiger partial charge in [-0.2, -0.15) is 0 Å². The van der Waals surface area contributed by atoms with Crippen LogP contribution < -0.4 is 0 Å². The van der Waals surface area contributed by atoms with E-state index in [2.05, 4.69) is 0 Å². The van der Waals surface area contributed by atoms with Gasteiger partial charge in [-0.15, -0.1) is 0 Å². The first-order valence-electron chi connectivity index (χ1n) is 1.88. The fourth-order valence-electron chi connectivity index (χ4n) is 0.173. The second-order valence-electron chi connectivity index (χ2n) is 1.08. The van der Waals surface area contributed by atoms with E-state index in [9.17, 15) is 0 Å². The van der Waals surface area contributed by atoms with Crippen LogP contribution in [0.2, 0.25) is 6.32 Å². The standard InChI is InChI=1S/C3H6BClO2/c5-3-1-2-4(6)7/h1,3,6-7H,2H2. The molecular weight excluding hydrogens is 114 g/mol. The maximum absolute atomic E-state index is 8.13. The van der Waals surface area contributed by atoms with Crippen LogP contribution in [0.4, 0.5) is 0 Å². The number of allylic oxidation sites excluding steroid dienone is 1. The van der Waals surface area contributed by atoms with Crippen molar-refractivity contribution >= 4 is 18.7 Å². The maximum atomic E-state index is 8.13. The lowest BCUT2D eigenvalue weighted by molar-refractivity contribution is 0.411. The molecule has 40 valence electrons. The van der Waals surface area contributed by atoms with E-state index in [4.69, 9.17) is 21.6 Å². The second-order valence-corrected chi connectivity index (χ2v) is 1.33. The van der Waals surface area contributed by atoms with Gasteiger partial charge in [-0.25, -0.2) is 0 Å². The van der Waals surface area contributed by atoms with Crippen LogP contribution >= 0.6 is 11.6 Å². The first kappa shape index (κ1) is 7.01. The lowest BCUT2D eigenvalue weighted by atomic mass is 9.87. The molecule has 7 heavy (non-hydrogen) atoms. The Bertz CT molecular complexity index is 64.0. The van der Waals surface area contributed by atoms with Crippen LogP contribution in [0.3, 0.4) is 0 Å². The maximum Gasteiger partial charge on any atom is 0.455 e. The Kier molecular flexibility index (Phi) is 4.19. The summed E-state index contributed by atoms with van der Waals surface area (Å²) < 4.78 is 0. The molecule has 0 saturated heterocycles. The van der Waals surface area contributed by atoms with Crippen molar-refractivity contribution in [1.29, 1.82) is 0 Å². The molecule has 0 radical (unpaired) electrons. The van der Waals surface area contributed by atoms with Gasteiger partial charge < -0.3 is 10.0 Å². The number of hydrogen-bond donors (Lipinski definition) is 2. The van der Waals surface area contributed by atoms with Crippen LogP contribution in [-0.2, 0) is 0 Å². The van der Waals surface area contributed by atoms with Gasteiger partial charge in [0, 0.05) is 6.32 Å². The van der Waals surface area contributed by atoms with Crippen molar-refractivity contribution in [1.82, 2.24) is 0 Å². The topological polar surface area (TPSA) is 40.5 Å². The molecule has 0 aliphatic rings. The van der Waals surface area contributed by atoms with Gasteiger partial charge in [0.2, 0.25) is 0 Å². The van der Waals surface area contributed by atoms with E-state index in [1.807, 2.05) is 0 Å². The van der Waals surface area contributed by atoms with Crippen molar-refractivity contribution in [2.45, 2.75) is 6.32 Å². The summed E-state index contributed by atoms with van der Waals surface area (Å²) in [4.78, 5) is 0. The van der Waals surface area contributed by atoms with Crippen molar-refractivity contribution in [3.05, 3.63) is 11.6 Å². The molecule has 0 aromatic carbocycles. The van der Waals surface area contributed by atoms with Crippen molar-refractivity contribution in [3.8, 4) is 0 Å². The van der Waals surface area contributed by atoms with Gasteiger partial charge in [0.1, 0.15) is 0 Å². The number of hydrogen-bond acceptors (Lipinski definition) is 2. The predicted octanol–water partition coefficient (Wildman–Crippen LogP) is 0.212. The van der Waals surface area contributed by atoms with E-state index in [-0.39, 0.29) is 6.32 Å². The van der Waals surface area contributed by atoms with Gasteiger partial charge in [0.25, 0.3) is 0 Å². The van der Waals surface area contributed by atoms with Crippen molar-refractivity contribution in [2.24, 2.45) is 0 Å². The molecule has 0 aromatic heterocycles. The van der Waals surface area contributed by atoms with Crippen molar-refractivity contribution < 1.29 is 10.0 Å². The Balaban J connectivity index is 2.97. The van der Waals surface area contributed by atoms with E-state index in [0.29, 0.717) is 0 Å². The average Bonchev–Trinajstić information content (AvgIpc) is 1.61. The molecule has 0 heterocycles. The molecule has 0 atom stereocenters. The van der Waals surface area contributed by atoms with Crippen LogP contribution in [-0.4, -0.2) is 17.2 Å².